The second kappa shape index (κ2) is 3.60. The van der Waals surface area contributed by atoms with E-state index in [0.29, 0.717) is 0 Å². The average Bonchev–Trinajstić information content (AvgIpc) is 2.08. The van der Waals surface area contributed by atoms with Crippen LogP contribution in [0.2, 0.25) is 0 Å². The minimum absolute atomic E-state index is 0.191. The standard InChI is InChI=1S/C8H8F2O2/c1-12-8(11)5-2-3-6(9)7(10)4-5/h2-4,8,11H,1H3. The maximum absolute atomic E-state index is 12.5. The predicted octanol–water partition coefficient (Wildman–Crippen LogP) is 1.60. The summed E-state index contributed by atoms with van der Waals surface area (Å²) in [5.41, 5.74) is 0.191. The monoisotopic (exact) mass is 174 g/mol. The summed E-state index contributed by atoms with van der Waals surface area (Å²) in [6.07, 6.45) is -1.21. The summed E-state index contributed by atoms with van der Waals surface area (Å²) in [6.45, 7) is 0. The molecule has 66 valence electrons. The van der Waals surface area contributed by atoms with Crippen molar-refractivity contribution in [2.24, 2.45) is 0 Å². The van der Waals surface area contributed by atoms with E-state index in [2.05, 4.69) is 4.74 Å². The molecule has 0 aliphatic heterocycles. The van der Waals surface area contributed by atoms with Crippen LogP contribution in [0.3, 0.4) is 0 Å². The molecular weight excluding hydrogens is 166 g/mol. The van der Waals surface area contributed by atoms with E-state index in [0.717, 1.165) is 12.1 Å². The van der Waals surface area contributed by atoms with Gasteiger partial charge in [-0.2, -0.15) is 0 Å². The molecule has 1 atom stereocenters. The van der Waals surface area contributed by atoms with Gasteiger partial charge in [0.15, 0.2) is 17.9 Å². The average molecular weight is 174 g/mol. The zero-order valence-electron chi connectivity index (χ0n) is 6.42. The third-order valence-corrected chi connectivity index (χ3v) is 1.45. The van der Waals surface area contributed by atoms with Gasteiger partial charge < -0.3 is 9.84 Å². The molecule has 0 aliphatic rings. The summed E-state index contributed by atoms with van der Waals surface area (Å²) in [4.78, 5) is 0. The van der Waals surface area contributed by atoms with Crippen molar-refractivity contribution in [2.75, 3.05) is 7.11 Å². The van der Waals surface area contributed by atoms with Crippen molar-refractivity contribution in [3.05, 3.63) is 35.4 Å². The van der Waals surface area contributed by atoms with E-state index in [1.165, 1.54) is 13.2 Å². The van der Waals surface area contributed by atoms with Crippen molar-refractivity contribution >= 4 is 0 Å². The van der Waals surface area contributed by atoms with Crippen LogP contribution in [0.25, 0.3) is 0 Å². The van der Waals surface area contributed by atoms with Crippen LogP contribution in [-0.4, -0.2) is 12.2 Å². The van der Waals surface area contributed by atoms with Crippen LogP contribution >= 0.6 is 0 Å². The van der Waals surface area contributed by atoms with Gasteiger partial charge in [0, 0.05) is 12.7 Å². The van der Waals surface area contributed by atoms with Crippen molar-refractivity contribution in [2.45, 2.75) is 6.29 Å². The van der Waals surface area contributed by atoms with Crippen LogP contribution in [-0.2, 0) is 4.74 Å². The third-order valence-electron chi connectivity index (χ3n) is 1.45. The molecule has 0 saturated heterocycles. The van der Waals surface area contributed by atoms with E-state index in [4.69, 9.17) is 5.11 Å². The summed E-state index contributed by atoms with van der Waals surface area (Å²) in [6, 6.07) is 3.09. The molecular formula is C8H8F2O2. The molecule has 0 amide bonds. The quantitative estimate of drug-likeness (QED) is 0.690. The van der Waals surface area contributed by atoms with Crippen LogP contribution in [0.4, 0.5) is 8.78 Å². The first kappa shape index (κ1) is 9.09. The summed E-state index contributed by atoms with van der Waals surface area (Å²) < 4.78 is 29.4. The number of rotatable bonds is 2. The summed E-state index contributed by atoms with van der Waals surface area (Å²) in [7, 11) is 1.27. The molecule has 0 spiro atoms. The van der Waals surface area contributed by atoms with Crippen LogP contribution in [0, 0.1) is 11.6 Å². The predicted molar refractivity (Wildman–Crippen MR) is 38.3 cm³/mol. The highest BCUT2D eigenvalue weighted by Gasteiger charge is 2.08. The number of benzene rings is 1. The Bertz CT molecular complexity index is 276. The summed E-state index contributed by atoms with van der Waals surface area (Å²) in [5, 5.41) is 9.03. The van der Waals surface area contributed by atoms with Crippen molar-refractivity contribution in [1.82, 2.24) is 0 Å². The molecule has 0 heterocycles. The van der Waals surface area contributed by atoms with Crippen molar-refractivity contribution in [3.8, 4) is 0 Å². The Kier molecular flexibility index (Phi) is 2.73. The number of hydrogen-bond donors (Lipinski definition) is 1. The van der Waals surface area contributed by atoms with E-state index in [1.54, 1.807) is 0 Å². The van der Waals surface area contributed by atoms with Gasteiger partial charge in [-0.15, -0.1) is 0 Å². The first-order valence-electron chi connectivity index (χ1n) is 3.31. The lowest BCUT2D eigenvalue weighted by molar-refractivity contribution is -0.0771. The third kappa shape index (κ3) is 1.78. The van der Waals surface area contributed by atoms with Gasteiger partial charge in [-0.05, 0) is 12.1 Å². The molecule has 1 unspecified atom stereocenters. The Morgan fingerprint density at radius 1 is 1.33 bits per heavy atom. The zero-order valence-corrected chi connectivity index (χ0v) is 6.42. The van der Waals surface area contributed by atoms with Crippen LogP contribution < -0.4 is 0 Å². The molecule has 1 aromatic rings. The molecule has 0 saturated carbocycles. The molecule has 1 N–H and O–H groups in total. The fourth-order valence-corrected chi connectivity index (χ4v) is 0.802. The maximum atomic E-state index is 12.5. The zero-order chi connectivity index (χ0) is 9.14. The normalized spacial score (nSPS) is 13.0. The van der Waals surface area contributed by atoms with Crippen molar-refractivity contribution < 1.29 is 18.6 Å². The van der Waals surface area contributed by atoms with Gasteiger partial charge in [0.05, 0.1) is 0 Å². The Balaban J connectivity index is 2.96. The van der Waals surface area contributed by atoms with Gasteiger partial charge in [0.2, 0.25) is 0 Å². The first-order chi connectivity index (χ1) is 5.65. The van der Waals surface area contributed by atoms with Crippen molar-refractivity contribution in [1.29, 1.82) is 0 Å². The number of ether oxygens (including phenoxy) is 1. The lowest BCUT2D eigenvalue weighted by Crippen LogP contribution is -2.00. The van der Waals surface area contributed by atoms with Crippen LogP contribution in [0.15, 0.2) is 18.2 Å². The largest absolute Gasteiger partial charge is 0.364 e. The maximum Gasteiger partial charge on any atom is 0.180 e. The molecule has 0 bridgehead atoms. The van der Waals surface area contributed by atoms with Gasteiger partial charge in [0.25, 0.3) is 0 Å². The van der Waals surface area contributed by atoms with E-state index in [1.807, 2.05) is 0 Å². The minimum Gasteiger partial charge on any atom is -0.364 e. The fraction of sp³-hybridized carbons (Fsp3) is 0.250. The smallest absolute Gasteiger partial charge is 0.180 e. The first-order valence-corrected chi connectivity index (χ1v) is 3.31. The Morgan fingerprint density at radius 3 is 2.50 bits per heavy atom. The number of methoxy groups -OCH3 is 1. The van der Waals surface area contributed by atoms with E-state index < -0.39 is 17.9 Å². The summed E-state index contributed by atoms with van der Waals surface area (Å²) >= 11 is 0. The van der Waals surface area contributed by atoms with Gasteiger partial charge >= 0.3 is 0 Å². The molecule has 0 aromatic heterocycles. The fourth-order valence-electron chi connectivity index (χ4n) is 0.802. The molecule has 4 heteroatoms. The van der Waals surface area contributed by atoms with Gasteiger partial charge in [-0.3, -0.25) is 0 Å². The number of hydrogen-bond acceptors (Lipinski definition) is 2. The minimum atomic E-state index is -1.21. The SMILES string of the molecule is COC(O)c1ccc(F)c(F)c1. The van der Waals surface area contributed by atoms with Gasteiger partial charge in [0.1, 0.15) is 0 Å². The molecule has 2 nitrogen and oxygen atoms in total. The highest BCUT2D eigenvalue weighted by atomic mass is 19.2. The lowest BCUT2D eigenvalue weighted by atomic mass is 10.2. The highest BCUT2D eigenvalue weighted by molar-refractivity contribution is 5.18. The van der Waals surface area contributed by atoms with Crippen LogP contribution in [0.5, 0.6) is 0 Å². The van der Waals surface area contributed by atoms with E-state index in [9.17, 15) is 8.78 Å². The Morgan fingerprint density at radius 2 is 2.00 bits per heavy atom. The second-order valence-corrected chi connectivity index (χ2v) is 2.26. The lowest BCUT2D eigenvalue weighted by Gasteiger charge is -2.07. The molecule has 1 rings (SSSR count). The molecule has 1 aromatic carbocycles. The molecule has 0 radical (unpaired) electrons. The number of halogens is 2. The molecule has 0 aliphatic carbocycles. The van der Waals surface area contributed by atoms with Crippen molar-refractivity contribution in [3.63, 3.8) is 0 Å². The number of aliphatic hydroxyl groups is 1. The van der Waals surface area contributed by atoms with Gasteiger partial charge in [-0.25, -0.2) is 8.78 Å². The second-order valence-electron chi connectivity index (χ2n) is 2.26. The Hall–Kier alpha value is -1.00. The van der Waals surface area contributed by atoms with Crippen LogP contribution in [0.1, 0.15) is 11.9 Å². The molecule has 12 heavy (non-hydrogen) atoms. The number of aliphatic hydroxyl groups excluding tert-OH is 1. The van der Waals surface area contributed by atoms with E-state index in [-0.39, 0.29) is 5.56 Å². The summed E-state index contributed by atoms with van der Waals surface area (Å²) in [5.74, 6) is -1.94. The molecule has 0 fully saturated rings. The van der Waals surface area contributed by atoms with Gasteiger partial charge in [-0.1, -0.05) is 6.07 Å². The topological polar surface area (TPSA) is 29.5 Å². The Labute approximate surface area is 68.4 Å². The van der Waals surface area contributed by atoms with E-state index >= 15 is 0 Å². The highest BCUT2D eigenvalue weighted by Crippen LogP contribution is 2.16.